The van der Waals surface area contributed by atoms with Crippen molar-refractivity contribution in [3.63, 3.8) is 0 Å². The molecular formula is C19H22BrNO4. The number of carbonyl (C=O) groups is 1. The third-order valence-corrected chi connectivity index (χ3v) is 4.37. The Kier molecular flexibility index (Phi) is 7.13. The number of hydrogen-bond acceptors (Lipinski definition) is 4. The topological polar surface area (TPSA) is 56.8 Å². The molecular weight excluding hydrogens is 386 g/mol. The Morgan fingerprint density at radius 2 is 1.76 bits per heavy atom. The highest BCUT2D eigenvalue weighted by Gasteiger charge is 2.12. The number of carbonyl (C=O) groups excluding carboxylic acids is 1. The van der Waals surface area contributed by atoms with Gasteiger partial charge in [0.15, 0.2) is 11.5 Å². The minimum Gasteiger partial charge on any atom is -0.493 e. The first-order valence-electron chi connectivity index (χ1n) is 8.01. The molecule has 2 rings (SSSR count). The average molecular weight is 408 g/mol. The van der Waals surface area contributed by atoms with Crippen LogP contribution < -0.4 is 19.5 Å². The maximum Gasteiger partial charge on any atom is 0.224 e. The second kappa shape index (κ2) is 9.32. The lowest BCUT2D eigenvalue weighted by Crippen LogP contribution is -2.13. The van der Waals surface area contributed by atoms with Gasteiger partial charge in [-0.2, -0.15) is 0 Å². The largest absolute Gasteiger partial charge is 0.493 e. The Labute approximate surface area is 156 Å². The number of nitrogens with one attached hydrogen (secondary N) is 1. The van der Waals surface area contributed by atoms with Crippen LogP contribution in [0.3, 0.4) is 0 Å². The van der Waals surface area contributed by atoms with Crippen molar-refractivity contribution in [1.29, 1.82) is 0 Å². The van der Waals surface area contributed by atoms with Gasteiger partial charge in [0, 0.05) is 10.9 Å². The highest BCUT2D eigenvalue weighted by molar-refractivity contribution is 9.10. The SMILES string of the molecule is CCOc1ccccc1NC(=O)CCc1cc(OC)c(OC)cc1Br. The van der Waals surface area contributed by atoms with Crippen LogP contribution >= 0.6 is 15.9 Å². The first kappa shape index (κ1) is 19.1. The summed E-state index contributed by atoms with van der Waals surface area (Å²) in [6.45, 7) is 2.46. The summed E-state index contributed by atoms with van der Waals surface area (Å²) in [5, 5.41) is 2.90. The Morgan fingerprint density at radius 1 is 1.08 bits per heavy atom. The standard InChI is InChI=1S/C19H22BrNO4/c1-4-25-16-8-6-5-7-15(16)21-19(22)10-9-13-11-17(23-2)18(24-3)12-14(13)20/h5-8,11-12H,4,9-10H2,1-3H3,(H,21,22). The summed E-state index contributed by atoms with van der Waals surface area (Å²) in [4.78, 5) is 12.3. The molecule has 6 heteroatoms. The fourth-order valence-corrected chi connectivity index (χ4v) is 2.92. The highest BCUT2D eigenvalue weighted by Crippen LogP contribution is 2.34. The predicted octanol–water partition coefficient (Wildman–Crippen LogP) is 4.44. The van der Waals surface area contributed by atoms with Gasteiger partial charge in [-0.05, 0) is 43.2 Å². The molecule has 0 atom stereocenters. The number of halogens is 1. The predicted molar refractivity (Wildman–Crippen MR) is 102 cm³/mol. The minimum absolute atomic E-state index is 0.0752. The van der Waals surface area contributed by atoms with Gasteiger partial charge >= 0.3 is 0 Å². The van der Waals surface area contributed by atoms with Crippen molar-refractivity contribution in [2.45, 2.75) is 19.8 Å². The van der Waals surface area contributed by atoms with E-state index in [1.54, 1.807) is 14.2 Å². The minimum atomic E-state index is -0.0752. The lowest BCUT2D eigenvalue weighted by molar-refractivity contribution is -0.116. The fourth-order valence-electron chi connectivity index (χ4n) is 2.40. The van der Waals surface area contributed by atoms with Crippen molar-refractivity contribution in [2.75, 3.05) is 26.1 Å². The van der Waals surface area contributed by atoms with Crippen LogP contribution in [0.15, 0.2) is 40.9 Å². The van der Waals surface area contributed by atoms with E-state index in [-0.39, 0.29) is 5.91 Å². The van der Waals surface area contributed by atoms with Gasteiger partial charge in [-0.1, -0.05) is 28.1 Å². The summed E-state index contributed by atoms with van der Waals surface area (Å²) in [5.74, 6) is 1.88. The first-order chi connectivity index (χ1) is 12.1. The number of aryl methyl sites for hydroxylation is 1. The third-order valence-electron chi connectivity index (χ3n) is 3.63. The lowest BCUT2D eigenvalue weighted by Gasteiger charge is -2.13. The molecule has 0 bridgehead atoms. The Hall–Kier alpha value is -2.21. The number of anilines is 1. The van der Waals surface area contributed by atoms with Crippen LogP contribution in [0.1, 0.15) is 18.9 Å². The number of para-hydroxylation sites is 2. The van der Waals surface area contributed by atoms with Crippen molar-refractivity contribution < 1.29 is 19.0 Å². The monoisotopic (exact) mass is 407 g/mol. The second-order valence-corrected chi connectivity index (χ2v) is 6.13. The molecule has 0 saturated carbocycles. The molecule has 1 amide bonds. The zero-order valence-electron chi connectivity index (χ0n) is 14.6. The number of rotatable bonds is 8. The molecule has 0 aliphatic carbocycles. The van der Waals surface area contributed by atoms with Gasteiger partial charge < -0.3 is 19.5 Å². The molecule has 5 nitrogen and oxygen atoms in total. The lowest BCUT2D eigenvalue weighted by atomic mass is 10.1. The van der Waals surface area contributed by atoms with Crippen LogP contribution in [0.2, 0.25) is 0 Å². The van der Waals surface area contributed by atoms with Crippen molar-refractivity contribution >= 4 is 27.5 Å². The zero-order valence-corrected chi connectivity index (χ0v) is 16.2. The molecule has 134 valence electrons. The Morgan fingerprint density at radius 3 is 2.44 bits per heavy atom. The fraction of sp³-hybridized carbons (Fsp3) is 0.316. The zero-order chi connectivity index (χ0) is 18.2. The first-order valence-corrected chi connectivity index (χ1v) is 8.80. The van der Waals surface area contributed by atoms with Crippen molar-refractivity contribution in [3.8, 4) is 17.2 Å². The highest BCUT2D eigenvalue weighted by atomic mass is 79.9. The van der Waals surface area contributed by atoms with Crippen LogP contribution in [0, 0.1) is 0 Å². The number of benzene rings is 2. The normalized spacial score (nSPS) is 10.2. The van der Waals surface area contributed by atoms with E-state index >= 15 is 0 Å². The molecule has 2 aromatic rings. The van der Waals surface area contributed by atoms with E-state index in [0.717, 1.165) is 10.0 Å². The molecule has 0 heterocycles. The molecule has 0 aromatic heterocycles. The number of amides is 1. The molecule has 0 unspecified atom stereocenters. The molecule has 0 radical (unpaired) electrons. The van der Waals surface area contributed by atoms with E-state index in [1.807, 2.05) is 43.3 Å². The smallest absolute Gasteiger partial charge is 0.224 e. The van der Waals surface area contributed by atoms with Gasteiger partial charge in [-0.25, -0.2) is 0 Å². The van der Waals surface area contributed by atoms with Crippen LogP contribution in [-0.4, -0.2) is 26.7 Å². The van der Waals surface area contributed by atoms with Gasteiger partial charge in [0.1, 0.15) is 5.75 Å². The van der Waals surface area contributed by atoms with Crippen LogP contribution in [-0.2, 0) is 11.2 Å². The van der Waals surface area contributed by atoms with E-state index in [9.17, 15) is 4.79 Å². The van der Waals surface area contributed by atoms with Gasteiger partial charge in [0.05, 0.1) is 26.5 Å². The van der Waals surface area contributed by atoms with E-state index < -0.39 is 0 Å². The number of ether oxygens (including phenoxy) is 3. The summed E-state index contributed by atoms with van der Waals surface area (Å²) >= 11 is 3.51. The van der Waals surface area contributed by atoms with E-state index in [1.165, 1.54) is 0 Å². The Balaban J connectivity index is 2.03. The maximum absolute atomic E-state index is 12.3. The van der Waals surface area contributed by atoms with Crippen LogP contribution in [0.4, 0.5) is 5.69 Å². The third kappa shape index (κ3) is 5.13. The molecule has 1 N–H and O–H groups in total. The van der Waals surface area contributed by atoms with Gasteiger partial charge in [0.2, 0.25) is 5.91 Å². The summed E-state index contributed by atoms with van der Waals surface area (Å²) < 4.78 is 17.0. The summed E-state index contributed by atoms with van der Waals surface area (Å²) in [6, 6.07) is 11.1. The van der Waals surface area contributed by atoms with E-state index in [2.05, 4.69) is 21.2 Å². The molecule has 0 aliphatic rings. The molecule has 0 fully saturated rings. The molecule has 25 heavy (non-hydrogen) atoms. The summed E-state index contributed by atoms with van der Waals surface area (Å²) in [7, 11) is 3.18. The number of hydrogen-bond donors (Lipinski definition) is 1. The second-order valence-electron chi connectivity index (χ2n) is 5.28. The quantitative estimate of drug-likeness (QED) is 0.702. The summed E-state index contributed by atoms with van der Waals surface area (Å²) in [6.07, 6.45) is 0.915. The van der Waals surface area contributed by atoms with Gasteiger partial charge in [0.25, 0.3) is 0 Å². The van der Waals surface area contributed by atoms with Crippen LogP contribution in [0.25, 0.3) is 0 Å². The number of methoxy groups -OCH3 is 2. The van der Waals surface area contributed by atoms with Gasteiger partial charge in [-0.15, -0.1) is 0 Å². The molecule has 2 aromatic carbocycles. The van der Waals surface area contributed by atoms with Crippen molar-refractivity contribution in [1.82, 2.24) is 0 Å². The van der Waals surface area contributed by atoms with Crippen LogP contribution in [0.5, 0.6) is 17.2 Å². The van der Waals surface area contributed by atoms with Gasteiger partial charge in [-0.3, -0.25) is 4.79 Å². The van der Waals surface area contributed by atoms with Crippen molar-refractivity contribution in [3.05, 3.63) is 46.4 Å². The van der Waals surface area contributed by atoms with E-state index in [4.69, 9.17) is 14.2 Å². The average Bonchev–Trinajstić information content (AvgIpc) is 2.62. The van der Waals surface area contributed by atoms with E-state index in [0.29, 0.717) is 42.4 Å². The molecule has 0 spiro atoms. The Bertz CT molecular complexity index is 733. The maximum atomic E-state index is 12.3. The van der Waals surface area contributed by atoms with Crippen molar-refractivity contribution in [2.24, 2.45) is 0 Å². The molecule has 0 aliphatic heterocycles. The summed E-state index contributed by atoms with van der Waals surface area (Å²) in [5.41, 5.74) is 1.66. The molecule has 0 saturated heterocycles.